The molecule has 1 N–H and O–H groups in total. The van der Waals surface area contributed by atoms with Crippen molar-refractivity contribution in [2.45, 2.75) is 26.3 Å². The molecule has 1 aliphatic rings. The first-order valence-corrected chi connectivity index (χ1v) is 7.60. The highest BCUT2D eigenvalue weighted by Gasteiger charge is 2.19. The molecule has 0 radical (unpaired) electrons. The van der Waals surface area contributed by atoms with E-state index in [2.05, 4.69) is 22.0 Å². The quantitative estimate of drug-likeness (QED) is 0.900. The topological polar surface area (TPSA) is 35.6 Å². The first-order chi connectivity index (χ1) is 10.1. The molecule has 0 unspecified atom stereocenters. The first-order valence-electron chi connectivity index (χ1n) is 7.60. The van der Waals surface area contributed by atoms with Crippen LogP contribution in [0, 0.1) is 5.82 Å². The van der Waals surface area contributed by atoms with Crippen LogP contribution >= 0.6 is 0 Å². The molecule has 1 amide bonds. The summed E-state index contributed by atoms with van der Waals surface area (Å²) in [5.74, 6) is -0.112. The lowest BCUT2D eigenvalue weighted by atomic mass is 10.2. The van der Waals surface area contributed by atoms with E-state index in [1.54, 1.807) is 12.1 Å². The minimum Gasteiger partial charge on any atom is -0.369 e. The monoisotopic (exact) mass is 293 g/mol. The predicted octanol–water partition coefficient (Wildman–Crippen LogP) is 1.86. The number of nitrogens with zero attached hydrogens (tertiary/aromatic N) is 2. The van der Waals surface area contributed by atoms with Gasteiger partial charge in [0.15, 0.2) is 0 Å². The fourth-order valence-electron chi connectivity index (χ4n) is 2.44. The van der Waals surface area contributed by atoms with E-state index in [4.69, 9.17) is 0 Å². The standard InChI is InChI=1S/C16H24FN3O/c1-3-13(2)18-16(21)12-19-8-10-20(11-9-19)15-6-4-14(17)5-7-15/h4-7,13H,3,8-12H2,1-2H3,(H,18,21)/t13-/m1/s1. The number of halogens is 1. The molecule has 1 aromatic carbocycles. The summed E-state index contributed by atoms with van der Waals surface area (Å²) in [5.41, 5.74) is 1.04. The average molecular weight is 293 g/mol. The number of hydrogen-bond donors (Lipinski definition) is 1. The highest BCUT2D eigenvalue weighted by molar-refractivity contribution is 5.78. The molecular formula is C16H24FN3O. The van der Waals surface area contributed by atoms with Crippen molar-refractivity contribution in [1.82, 2.24) is 10.2 Å². The smallest absolute Gasteiger partial charge is 0.234 e. The number of anilines is 1. The lowest BCUT2D eigenvalue weighted by Gasteiger charge is -2.35. The fourth-order valence-corrected chi connectivity index (χ4v) is 2.44. The van der Waals surface area contributed by atoms with E-state index in [1.165, 1.54) is 12.1 Å². The van der Waals surface area contributed by atoms with Crippen LogP contribution in [-0.4, -0.2) is 49.6 Å². The van der Waals surface area contributed by atoms with E-state index in [0.29, 0.717) is 6.54 Å². The summed E-state index contributed by atoms with van der Waals surface area (Å²) >= 11 is 0. The SMILES string of the molecule is CC[C@@H](C)NC(=O)CN1CCN(c2ccc(F)cc2)CC1. The largest absolute Gasteiger partial charge is 0.369 e. The van der Waals surface area contributed by atoms with Crippen molar-refractivity contribution in [3.05, 3.63) is 30.1 Å². The number of piperazine rings is 1. The summed E-state index contributed by atoms with van der Waals surface area (Å²) in [6.45, 7) is 7.97. The predicted molar refractivity (Wildman–Crippen MR) is 82.9 cm³/mol. The second-order valence-corrected chi connectivity index (χ2v) is 5.62. The van der Waals surface area contributed by atoms with Crippen LogP contribution in [-0.2, 0) is 4.79 Å². The Kier molecular flexibility index (Phi) is 5.56. The number of carbonyl (C=O) groups excluding carboxylic acids is 1. The van der Waals surface area contributed by atoms with Crippen molar-refractivity contribution in [2.75, 3.05) is 37.6 Å². The molecule has 0 spiro atoms. The van der Waals surface area contributed by atoms with Gasteiger partial charge in [0.1, 0.15) is 5.82 Å². The van der Waals surface area contributed by atoms with E-state index in [-0.39, 0.29) is 17.8 Å². The maximum absolute atomic E-state index is 12.9. The maximum atomic E-state index is 12.9. The molecule has 1 heterocycles. The van der Waals surface area contributed by atoms with Gasteiger partial charge < -0.3 is 10.2 Å². The molecule has 1 aliphatic heterocycles. The Labute approximate surface area is 125 Å². The van der Waals surface area contributed by atoms with Gasteiger partial charge in [-0.2, -0.15) is 0 Å². The summed E-state index contributed by atoms with van der Waals surface area (Å²) in [6.07, 6.45) is 0.948. The molecule has 1 fully saturated rings. The Hall–Kier alpha value is -1.62. The van der Waals surface area contributed by atoms with Crippen LogP contribution in [0.2, 0.25) is 0 Å². The third-order valence-electron chi connectivity index (χ3n) is 3.95. The van der Waals surface area contributed by atoms with Crippen LogP contribution in [0.5, 0.6) is 0 Å². The normalized spacial score (nSPS) is 17.6. The molecule has 1 atom stereocenters. The Morgan fingerprint density at radius 3 is 2.43 bits per heavy atom. The molecule has 0 bridgehead atoms. The Bertz CT molecular complexity index is 455. The summed E-state index contributed by atoms with van der Waals surface area (Å²) < 4.78 is 12.9. The van der Waals surface area contributed by atoms with Gasteiger partial charge in [-0.15, -0.1) is 0 Å². The summed E-state index contributed by atoms with van der Waals surface area (Å²) in [7, 11) is 0. The van der Waals surface area contributed by atoms with Gasteiger partial charge in [-0.05, 0) is 37.6 Å². The minimum atomic E-state index is -0.209. The van der Waals surface area contributed by atoms with Crippen LogP contribution in [0.1, 0.15) is 20.3 Å². The maximum Gasteiger partial charge on any atom is 0.234 e. The van der Waals surface area contributed by atoms with Crippen LogP contribution < -0.4 is 10.2 Å². The summed E-state index contributed by atoms with van der Waals surface area (Å²) in [5, 5.41) is 2.99. The van der Waals surface area contributed by atoms with E-state index < -0.39 is 0 Å². The molecule has 116 valence electrons. The fraction of sp³-hybridized carbons (Fsp3) is 0.562. The second-order valence-electron chi connectivity index (χ2n) is 5.62. The number of amides is 1. The zero-order chi connectivity index (χ0) is 15.2. The zero-order valence-corrected chi connectivity index (χ0v) is 12.8. The van der Waals surface area contributed by atoms with Gasteiger partial charge in [0.25, 0.3) is 0 Å². The van der Waals surface area contributed by atoms with Crippen molar-refractivity contribution in [3.8, 4) is 0 Å². The van der Waals surface area contributed by atoms with Crippen molar-refractivity contribution >= 4 is 11.6 Å². The highest BCUT2D eigenvalue weighted by atomic mass is 19.1. The Balaban J connectivity index is 1.78. The van der Waals surface area contributed by atoms with Gasteiger partial charge in [0, 0.05) is 37.9 Å². The molecule has 4 nitrogen and oxygen atoms in total. The van der Waals surface area contributed by atoms with Gasteiger partial charge in [-0.3, -0.25) is 9.69 Å². The number of hydrogen-bond acceptors (Lipinski definition) is 3. The Morgan fingerprint density at radius 1 is 1.24 bits per heavy atom. The lowest BCUT2D eigenvalue weighted by Crippen LogP contribution is -2.50. The average Bonchev–Trinajstić information content (AvgIpc) is 2.48. The number of benzene rings is 1. The Morgan fingerprint density at radius 2 is 1.86 bits per heavy atom. The highest BCUT2D eigenvalue weighted by Crippen LogP contribution is 2.16. The molecule has 1 aromatic rings. The molecule has 0 aromatic heterocycles. The van der Waals surface area contributed by atoms with Gasteiger partial charge in [-0.1, -0.05) is 6.92 Å². The third kappa shape index (κ3) is 4.70. The molecule has 0 saturated carbocycles. The van der Waals surface area contributed by atoms with Gasteiger partial charge >= 0.3 is 0 Å². The molecule has 5 heteroatoms. The molecule has 2 rings (SSSR count). The van der Waals surface area contributed by atoms with Gasteiger partial charge in [0.05, 0.1) is 6.54 Å². The van der Waals surface area contributed by atoms with E-state index in [9.17, 15) is 9.18 Å². The first kappa shape index (κ1) is 15.8. The number of carbonyl (C=O) groups is 1. The summed E-state index contributed by atoms with van der Waals surface area (Å²) in [4.78, 5) is 16.3. The van der Waals surface area contributed by atoms with Gasteiger partial charge in [-0.25, -0.2) is 4.39 Å². The second kappa shape index (κ2) is 7.41. The minimum absolute atomic E-state index is 0.0968. The van der Waals surface area contributed by atoms with Crippen molar-refractivity contribution in [2.24, 2.45) is 0 Å². The third-order valence-corrected chi connectivity index (χ3v) is 3.95. The van der Waals surface area contributed by atoms with E-state index in [0.717, 1.165) is 38.3 Å². The van der Waals surface area contributed by atoms with Crippen molar-refractivity contribution in [1.29, 1.82) is 0 Å². The van der Waals surface area contributed by atoms with Crippen LogP contribution in [0.25, 0.3) is 0 Å². The van der Waals surface area contributed by atoms with Gasteiger partial charge in [0.2, 0.25) is 5.91 Å². The molecule has 21 heavy (non-hydrogen) atoms. The molecule has 0 aliphatic carbocycles. The zero-order valence-electron chi connectivity index (χ0n) is 12.8. The van der Waals surface area contributed by atoms with Crippen LogP contribution in [0.3, 0.4) is 0 Å². The number of rotatable bonds is 5. The van der Waals surface area contributed by atoms with Crippen LogP contribution in [0.15, 0.2) is 24.3 Å². The van der Waals surface area contributed by atoms with Crippen molar-refractivity contribution < 1.29 is 9.18 Å². The number of nitrogens with one attached hydrogen (secondary N) is 1. The van der Waals surface area contributed by atoms with Crippen molar-refractivity contribution in [3.63, 3.8) is 0 Å². The lowest BCUT2D eigenvalue weighted by molar-refractivity contribution is -0.122. The van der Waals surface area contributed by atoms with E-state index >= 15 is 0 Å². The van der Waals surface area contributed by atoms with Crippen LogP contribution in [0.4, 0.5) is 10.1 Å². The summed E-state index contributed by atoms with van der Waals surface area (Å²) in [6, 6.07) is 6.82. The molecule has 1 saturated heterocycles. The molecular weight excluding hydrogens is 269 g/mol. The van der Waals surface area contributed by atoms with E-state index in [1.807, 2.05) is 6.92 Å².